The summed E-state index contributed by atoms with van der Waals surface area (Å²) in [6.45, 7) is 4.22. The molecule has 0 aromatic heterocycles. The van der Waals surface area contributed by atoms with Gasteiger partial charge in [0.1, 0.15) is 11.4 Å². The van der Waals surface area contributed by atoms with E-state index in [0.29, 0.717) is 36.7 Å². The molecule has 0 amide bonds. The van der Waals surface area contributed by atoms with Crippen LogP contribution in [0.5, 0.6) is 0 Å². The highest BCUT2D eigenvalue weighted by molar-refractivity contribution is 5.86. The van der Waals surface area contributed by atoms with Gasteiger partial charge in [-0.15, -0.1) is 0 Å². The van der Waals surface area contributed by atoms with Crippen molar-refractivity contribution < 1.29 is 29.0 Å². The Morgan fingerprint density at radius 1 is 1.25 bits per heavy atom. The lowest BCUT2D eigenvalue weighted by molar-refractivity contribution is -0.168. The van der Waals surface area contributed by atoms with Gasteiger partial charge in [-0.1, -0.05) is 31.1 Å². The van der Waals surface area contributed by atoms with E-state index in [9.17, 15) is 19.5 Å². The fourth-order valence-corrected chi connectivity index (χ4v) is 9.01. The molecule has 6 nitrogen and oxygen atoms in total. The molecule has 4 fully saturated rings. The molecule has 0 radical (unpaired) electrons. The fraction of sp³-hybridized carbons (Fsp3) is 0.731. The van der Waals surface area contributed by atoms with Crippen molar-refractivity contribution in [2.24, 2.45) is 40.4 Å². The molecule has 32 heavy (non-hydrogen) atoms. The van der Waals surface area contributed by atoms with Crippen LogP contribution in [0.2, 0.25) is 0 Å². The van der Waals surface area contributed by atoms with Gasteiger partial charge in [0.2, 0.25) is 0 Å². The maximum Gasteiger partial charge on any atom is 0.313 e. The van der Waals surface area contributed by atoms with E-state index in [1.165, 1.54) is 12.7 Å². The largest absolute Gasteiger partial charge is 0.469 e. The van der Waals surface area contributed by atoms with Crippen molar-refractivity contribution in [3.63, 3.8) is 0 Å². The molecule has 1 saturated heterocycles. The Morgan fingerprint density at radius 2 is 2.03 bits per heavy atom. The summed E-state index contributed by atoms with van der Waals surface area (Å²) in [7, 11) is 1.40. The molecule has 6 heteroatoms. The number of rotatable bonds is 2. The summed E-state index contributed by atoms with van der Waals surface area (Å²) in [4.78, 5) is 38.0. The minimum atomic E-state index is -0.580. The van der Waals surface area contributed by atoms with Crippen molar-refractivity contribution in [3.05, 3.63) is 22.8 Å². The zero-order valence-corrected chi connectivity index (χ0v) is 19.1. The van der Waals surface area contributed by atoms with Crippen LogP contribution in [0.25, 0.3) is 0 Å². The van der Waals surface area contributed by atoms with Crippen molar-refractivity contribution in [3.8, 4) is 0 Å². The summed E-state index contributed by atoms with van der Waals surface area (Å²) < 4.78 is 11.4. The molecule has 6 rings (SSSR count). The van der Waals surface area contributed by atoms with Crippen LogP contribution in [-0.4, -0.2) is 42.1 Å². The van der Waals surface area contributed by atoms with Gasteiger partial charge in [-0.2, -0.15) is 0 Å². The SMILES string of the molecule is COC(=O)[C@@H]1C(CO)=C2CC(=O)CC[C@]2(C)C2=CC[C@@]3(C)C(C21)[C@@H]1C[C@@H]1[C@@]31CCC(=O)O1. The van der Waals surface area contributed by atoms with E-state index < -0.39 is 11.5 Å². The van der Waals surface area contributed by atoms with E-state index in [4.69, 9.17) is 9.47 Å². The summed E-state index contributed by atoms with van der Waals surface area (Å²) in [5.74, 6) is 0.0506. The number of allylic oxidation sites excluding steroid dienone is 3. The Labute approximate surface area is 188 Å². The molecule has 3 saturated carbocycles. The van der Waals surface area contributed by atoms with E-state index in [-0.39, 0.29) is 47.0 Å². The average Bonchev–Trinajstić information content (AvgIpc) is 3.41. The predicted molar refractivity (Wildman–Crippen MR) is 114 cm³/mol. The van der Waals surface area contributed by atoms with Crippen LogP contribution in [0.15, 0.2) is 22.8 Å². The molecule has 6 aliphatic rings. The van der Waals surface area contributed by atoms with E-state index in [1.54, 1.807) is 0 Å². The van der Waals surface area contributed by atoms with E-state index >= 15 is 0 Å². The molecule has 0 aromatic rings. The Kier molecular flexibility index (Phi) is 4.09. The zero-order chi connectivity index (χ0) is 22.6. The van der Waals surface area contributed by atoms with Crippen LogP contribution in [0.1, 0.15) is 58.8 Å². The van der Waals surface area contributed by atoms with Gasteiger partial charge in [0.15, 0.2) is 0 Å². The number of fused-ring (bicyclic) bond motifs is 9. The summed E-state index contributed by atoms with van der Waals surface area (Å²) in [5, 5.41) is 10.5. The van der Waals surface area contributed by atoms with Crippen molar-refractivity contribution in [2.45, 2.75) is 64.4 Å². The first-order valence-corrected chi connectivity index (χ1v) is 12.1. The third-order valence-corrected chi connectivity index (χ3v) is 10.4. The van der Waals surface area contributed by atoms with Gasteiger partial charge >= 0.3 is 11.9 Å². The minimum Gasteiger partial charge on any atom is -0.469 e. The summed E-state index contributed by atoms with van der Waals surface area (Å²) in [5.41, 5.74) is 1.91. The quantitative estimate of drug-likeness (QED) is 0.524. The number of carbonyl (C=O) groups excluding carboxylic acids is 3. The van der Waals surface area contributed by atoms with Gasteiger partial charge in [-0.05, 0) is 43.1 Å². The van der Waals surface area contributed by atoms with Crippen molar-refractivity contribution in [1.82, 2.24) is 0 Å². The molecule has 1 spiro atoms. The van der Waals surface area contributed by atoms with Gasteiger partial charge in [-0.25, -0.2) is 0 Å². The highest BCUT2D eigenvalue weighted by Crippen LogP contribution is 2.78. The smallest absolute Gasteiger partial charge is 0.313 e. The number of hydrogen-bond acceptors (Lipinski definition) is 6. The van der Waals surface area contributed by atoms with Crippen LogP contribution in [0.3, 0.4) is 0 Å². The molecule has 2 unspecified atom stereocenters. The highest BCUT2D eigenvalue weighted by atomic mass is 16.6. The second-order valence-electron chi connectivity index (χ2n) is 11.4. The molecule has 172 valence electrons. The van der Waals surface area contributed by atoms with E-state index in [2.05, 4.69) is 19.9 Å². The van der Waals surface area contributed by atoms with E-state index in [1.807, 2.05) is 0 Å². The lowest BCUT2D eigenvalue weighted by Crippen LogP contribution is -2.56. The zero-order valence-electron chi connectivity index (χ0n) is 19.1. The van der Waals surface area contributed by atoms with Crippen molar-refractivity contribution in [1.29, 1.82) is 0 Å². The number of hydrogen-bond donors (Lipinski definition) is 1. The second-order valence-corrected chi connectivity index (χ2v) is 11.4. The molecule has 1 N–H and O–H groups in total. The van der Waals surface area contributed by atoms with Crippen LogP contribution >= 0.6 is 0 Å². The number of aliphatic hydroxyl groups excluding tert-OH is 1. The van der Waals surface area contributed by atoms with Crippen molar-refractivity contribution >= 4 is 17.7 Å². The van der Waals surface area contributed by atoms with Gasteiger partial charge in [0.25, 0.3) is 0 Å². The summed E-state index contributed by atoms with van der Waals surface area (Å²) in [6.07, 6.45) is 6.95. The number of Topliss-reactive ketones (excluding diaryl/α,β-unsaturated/α-hetero) is 1. The van der Waals surface area contributed by atoms with E-state index in [0.717, 1.165) is 31.3 Å². The standard InChI is InChI=1S/C26H32O6/c1-24-7-4-13(28)10-17(24)15(12-27)20(23(30)31-3)21-16(24)5-8-25(2)22(21)14-11-18(14)26(25)9-6-19(29)32-26/h5,14,18,20-22,27H,4,6-12H2,1-3H3/t14-,18+,20-,21?,22?,24-,25+,26+/m1/s1. The third-order valence-electron chi connectivity index (χ3n) is 10.4. The van der Waals surface area contributed by atoms with Gasteiger partial charge < -0.3 is 14.6 Å². The predicted octanol–water partition coefficient (Wildman–Crippen LogP) is 3.13. The highest BCUT2D eigenvalue weighted by Gasteiger charge is 2.79. The number of carbonyl (C=O) groups is 3. The number of ketones is 1. The average molecular weight is 441 g/mol. The molecular formula is C26H32O6. The lowest BCUT2D eigenvalue weighted by atomic mass is 9.46. The lowest BCUT2D eigenvalue weighted by Gasteiger charge is -2.58. The Morgan fingerprint density at radius 3 is 2.69 bits per heavy atom. The first-order valence-electron chi connectivity index (χ1n) is 12.1. The number of aliphatic hydroxyl groups is 1. The monoisotopic (exact) mass is 440 g/mol. The molecule has 0 bridgehead atoms. The molecule has 1 heterocycles. The number of methoxy groups -OCH3 is 1. The first kappa shape index (κ1) is 20.6. The Balaban J connectivity index is 1.55. The maximum atomic E-state index is 13.3. The Hall–Kier alpha value is -1.95. The number of esters is 2. The third kappa shape index (κ3) is 2.22. The topological polar surface area (TPSA) is 89.9 Å². The van der Waals surface area contributed by atoms with Crippen LogP contribution in [0, 0.1) is 40.4 Å². The molecule has 1 aliphatic heterocycles. The normalized spacial score (nSPS) is 48.5. The molecule has 8 atom stereocenters. The fourth-order valence-electron chi connectivity index (χ4n) is 9.01. The molecular weight excluding hydrogens is 408 g/mol. The first-order chi connectivity index (χ1) is 15.2. The van der Waals surface area contributed by atoms with Crippen LogP contribution in [-0.2, 0) is 23.9 Å². The van der Waals surface area contributed by atoms with Crippen molar-refractivity contribution in [2.75, 3.05) is 13.7 Å². The van der Waals surface area contributed by atoms with Crippen LogP contribution < -0.4 is 0 Å². The minimum absolute atomic E-state index is 0.0843. The number of ether oxygens (including phenoxy) is 2. The van der Waals surface area contributed by atoms with Gasteiger partial charge in [-0.3, -0.25) is 14.4 Å². The molecule has 5 aliphatic carbocycles. The van der Waals surface area contributed by atoms with Gasteiger partial charge in [0, 0.05) is 41.9 Å². The second kappa shape index (κ2) is 6.34. The summed E-state index contributed by atoms with van der Waals surface area (Å²) >= 11 is 0. The summed E-state index contributed by atoms with van der Waals surface area (Å²) in [6, 6.07) is 0. The van der Waals surface area contributed by atoms with Gasteiger partial charge in [0.05, 0.1) is 19.6 Å². The molecule has 0 aromatic carbocycles. The van der Waals surface area contributed by atoms with Crippen LogP contribution in [0.4, 0.5) is 0 Å². The maximum absolute atomic E-state index is 13.3. The Bertz CT molecular complexity index is 1010.